The SMILES string of the molecule is CC1=CC(C)=NC1.CS(=O)(=O)c1nc(Cl)cc(Cl)n1.CSc1nc(Cl)cc(Cl)n1.Cc1cc(C)n(-c2nc(Cl)cc(Cl)n2)n1.Cc1cc(C)n(-c2nc(Cl)cc(NC3CCC(F)(F)CC3)n2)n1.Cc1cc(C)n(-c2nc(NC3CCC(F)(F)CC3)cc(NC3COC3)n2)n1.NC1CCC(F)(F)CC1.NC1COC1. The van der Waals surface area contributed by atoms with Gasteiger partial charge in [-0.3, -0.25) is 4.99 Å². The summed E-state index contributed by atoms with van der Waals surface area (Å²) < 4.78 is 115. The van der Waals surface area contributed by atoms with Crippen LogP contribution in [0.4, 0.5) is 43.8 Å². The van der Waals surface area contributed by atoms with E-state index in [-0.39, 0.29) is 83.3 Å². The Morgan fingerprint density at radius 3 is 1.06 bits per heavy atom. The van der Waals surface area contributed by atoms with Gasteiger partial charge in [0.1, 0.15) is 53.5 Å². The second kappa shape index (κ2) is 40.7. The van der Waals surface area contributed by atoms with Crippen molar-refractivity contribution in [2.75, 3.05) is 61.4 Å². The molecule has 0 amide bonds. The van der Waals surface area contributed by atoms with E-state index >= 15 is 0 Å². The highest BCUT2D eigenvalue weighted by Crippen LogP contribution is 2.37. The van der Waals surface area contributed by atoms with Crippen molar-refractivity contribution in [1.82, 2.24) is 79.2 Å². The molecule has 7 N–H and O–H groups in total. The van der Waals surface area contributed by atoms with Crippen LogP contribution in [0.2, 0.25) is 36.1 Å². The number of halogens is 13. The van der Waals surface area contributed by atoms with E-state index in [0.717, 1.165) is 65.9 Å². The highest BCUT2D eigenvalue weighted by molar-refractivity contribution is 7.98. The maximum absolute atomic E-state index is 13.4. The molecule has 26 nitrogen and oxygen atoms in total. The minimum absolute atomic E-state index is 0.00965. The lowest BCUT2D eigenvalue weighted by Crippen LogP contribution is -2.41. The molecule has 0 bridgehead atoms. The summed E-state index contributed by atoms with van der Waals surface area (Å²) in [7, 11) is -3.44. The summed E-state index contributed by atoms with van der Waals surface area (Å²) in [5.74, 6) is -4.49. The molecule has 3 aliphatic carbocycles. The van der Waals surface area contributed by atoms with Gasteiger partial charge in [0, 0.05) is 116 Å². The molecule has 5 fully saturated rings. The number of anilines is 3. The summed E-state index contributed by atoms with van der Waals surface area (Å²) >= 11 is 41.1. The molecule has 3 aliphatic heterocycles. The van der Waals surface area contributed by atoms with Crippen LogP contribution in [-0.4, -0.2) is 187 Å². The van der Waals surface area contributed by atoms with Crippen LogP contribution in [0, 0.1) is 41.5 Å². The summed E-state index contributed by atoms with van der Waals surface area (Å²) in [6.07, 6.45) is 7.14. The summed E-state index contributed by atoms with van der Waals surface area (Å²) in [4.78, 5) is 44.7. The average molecular weight is 1690 g/mol. The van der Waals surface area contributed by atoms with E-state index in [1.807, 2.05) is 79.0 Å². The number of aliphatic imine (C=N–C) groups is 1. The zero-order chi connectivity index (χ0) is 79.4. The third kappa shape index (κ3) is 30.4. The summed E-state index contributed by atoms with van der Waals surface area (Å²) in [5.41, 5.74) is 18.6. The zero-order valence-corrected chi connectivity index (χ0v) is 67.6. The standard InChI is InChI=1S/C18H24F2N6O.C15H18ClF2N5.C9H8Cl2N4.C6H11F2N.C6H9N.C5H4Cl2N2O2S.C5H4Cl2N2S.C3H7NO/c1-11-7-12(2)26(25-11)17-23-15(8-16(24-17)22-14-9-27-10-14)21-13-3-5-18(19,20)6-4-13;1-9-7-10(2)23(22-9)14-20-12(16)8-13(21-14)19-11-3-5-15(17,18)6-4-11;1-5-3-6(2)15(14-5)9-12-7(10)4-8(11)13-9;7-6(8)3-1-5(9)2-4-6;1-5-3-6(2)7-4-5;1-12(10,11)5-8-3(6)2-4(7)9-5;1-10-5-8-3(6)2-4(7)9-5;4-3-1-5-2-3/h7-8,13-14H,3-6,9-10H2,1-2H3,(H2,21,22,23,24);7-8,11H,3-6H2,1-2H3,(H,19,20,21);3-4H,1-2H3;5H,1-4,9H2;3H,4H2,1-2H3;2H,1H3;2H,1H3;3H,1-2,4H2. The first kappa shape index (κ1) is 88.8. The van der Waals surface area contributed by atoms with Gasteiger partial charge in [0.05, 0.1) is 62.1 Å². The quantitative estimate of drug-likeness (QED) is 0.0347. The van der Waals surface area contributed by atoms with Gasteiger partial charge < -0.3 is 36.9 Å². The van der Waals surface area contributed by atoms with Crippen molar-refractivity contribution in [3.8, 4) is 17.8 Å². The Kier molecular flexibility index (Phi) is 33.5. The van der Waals surface area contributed by atoms with Gasteiger partial charge in [0.25, 0.3) is 17.8 Å². The van der Waals surface area contributed by atoms with Gasteiger partial charge >= 0.3 is 0 Å². The first-order valence-corrected chi connectivity index (χ1v) is 39.6. The molecule has 0 atom stereocenters. The molecule has 14 rings (SSSR count). The third-order valence-corrected chi connectivity index (χ3v) is 18.8. The first-order valence-electron chi connectivity index (χ1n) is 33.8. The van der Waals surface area contributed by atoms with Crippen LogP contribution in [0.15, 0.2) is 75.5 Å². The maximum atomic E-state index is 13.4. The van der Waals surface area contributed by atoms with E-state index in [2.05, 4.69) is 99.1 Å². The van der Waals surface area contributed by atoms with E-state index in [1.54, 1.807) is 20.1 Å². The molecule has 6 aliphatic rings. The second-order valence-corrected chi connectivity index (χ2v) is 31.5. The minimum Gasteiger partial charge on any atom is -0.378 e. The summed E-state index contributed by atoms with van der Waals surface area (Å²) in [6.45, 7) is 19.3. The maximum Gasteiger partial charge on any atom is 0.254 e. The fraction of sp³-hybridized carbons (Fsp3) is 0.522. The fourth-order valence-corrected chi connectivity index (χ4v) is 13.1. The van der Waals surface area contributed by atoms with Crippen molar-refractivity contribution in [3.63, 3.8) is 0 Å². The zero-order valence-electron chi connectivity index (χ0n) is 60.7. The number of thioether (sulfide) groups is 1. The van der Waals surface area contributed by atoms with Crippen molar-refractivity contribution in [2.45, 2.75) is 191 Å². The van der Waals surface area contributed by atoms with Crippen LogP contribution < -0.4 is 27.4 Å². The van der Waals surface area contributed by atoms with Crippen LogP contribution >= 0.6 is 93.0 Å². The number of alkyl halides is 6. The predicted octanol–water partition coefficient (Wildman–Crippen LogP) is 15.6. The molecule has 0 aromatic carbocycles. The number of hydrogen-bond donors (Lipinski definition) is 5. The molecule has 0 radical (unpaired) electrons. The Hall–Kier alpha value is -6.41. The normalized spacial score (nSPS) is 17.4. The van der Waals surface area contributed by atoms with Crippen molar-refractivity contribution < 1.29 is 44.2 Å². The van der Waals surface area contributed by atoms with Gasteiger partial charge in [-0.25, -0.2) is 68.7 Å². The summed E-state index contributed by atoms with van der Waals surface area (Å²) in [6, 6.07) is 14.0. The Morgan fingerprint density at radius 1 is 0.454 bits per heavy atom. The Balaban J connectivity index is 0.000000181. The van der Waals surface area contributed by atoms with Gasteiger partial charge in [-0.15, -0.1) is 0 Å². The van der Waals surface area contributed by atoms with Crippen molar-refractivity contribution in [1.29, 1.82) is 0 Å². The molecule has 3 saturated carbocycles. The van der Waals surface area contributed by atoms with E-state index in [9.17, 15) is 34.8 Å². The monoisotopic (exact) mass is 1680 g/mol. The molecule has 11 heterocycles. The lowest BCUT2D eigenvalue weighted by Gasteiger charge is -2.30. The molecule has 108 heavy (non-hydrogen) atoms. The number of aryl methyl sites for hydroxylation is 6. The van der Waals surface area contributed by atoms with Crippen LogP contribution in [0.25, 0.3) is 17.8 Å². The van der Waals surface area contributed by atoms with E-state index in [1.165, 1.54) is 35.5 Å². The molecule has 0 spiro atoms. The van der Waals surface area contributed by atoms with Gasteiger partial charge in [-0.05, 0) is 124 Å². The molecule has 8 aromatic rings. The van der Waals surface area contributed by atoms with Crippen molar-refractivity contribution >= 4 is 126 Å². The molecule has 2 saturated heterocycles. The lowest BCUT2D eigenvalue weighted by molar-refractivity contribution is -0.0378. The molecule has 41 heteroatoms. The minimum atomic E-state index is -3.44. The van der Waals surface area contributed by atoms with Crippen LogP contribution in [0.3, 0.4) is 0 Å². The third-order valence-electron chi connectivity index (χ3n) is 16.0. The predicted molar refractivity (Wildman–Crippen MR) is 412 cm³/mol. The Morgan fingerprint density at radius 2 is 0.778 bits per heavy atom. The molecular weight excluding hydrogens is 1600 g/mol. The number of nitrogens with zero attached hydrogens (tertiary/aromatic N) is 17. The molecule has 0 unspecified atom stereocenters. The van der Waals surface area contributed by atoms with E-state index in [0.29, 0.717) is 119 Å². The average Bonchev–Trinajstić information content (AvgIpc) is 1.57. The molecular formula is C67H85Cl7F6N22O4S2. The Labute approximate surface area is 661 Å². The van der Waals surface area contributed by atoms with Crippen LogP contribution in [-0.2, 0) is 19.3 Å². The number of sulfone groups is 1. The number of allylic oxidation sites excluding steroid dienone is 1. The van der Waals surface area contributed by atoms with Gasteiger partial charge in [-0.1, -0.05) is 98.5 Å². The molecule has 8 aromatic heterocycles. The number of nitrogens with one attached hydrogen (secondary N) is 3. The number of rotatable bonds is 11. The van der Waals surface area contributed by atoms with Gasteiger partial charge in [0.2, 0.25) is 32.8 Å². The first-order chi connectivity index (χ1) is 50.7. The van der Waals surface area contributed by atoms with Crippen LogP contribution in [0.1, 0.15) is 125 Å². The Bertz CT molecular complexity index is 4390. The van der Waals surface area contributed by atoms with E-state index in [4.69, 9.17) is 102 Å². The van der Waals surface area contributed by atoms with Gasteiger partial charge in [0.15, 0.2) is 5.16 Å². The summed E-state index contributed by atoms with van der Waals surface area (Å²) in [5, 5.41) is 24.7. The van der Waals surface area contributed by atoms with Crippen molar-refractivity contribution in [2.24, 2.45) is 16.5 Å². The largest absolute Gasteiger partial charge is 0.378 e. The topological polar surface area (TPSA) is 335 Å². The number of hydrogen-bond acceptors (Lipinski definition) is 24. The lowest BCUT2D eigenvalue weighted by atomic mass is 9.92. The fourth-order valence-electron chi connectivity index (χ4n) is 10.5. The second-order valence-electron chi connectivity index (χ2n) is 26.1. The highest BCUT2D eigenvalue weighted by Gasteiger charge is 2.37. The number of ether oxygens (including phenoxy) is 2. The smallest absolute Gasteiger partial charge is 0.254 e. The highest BCUT2D eigenvalue weighted by atomic mass is 35.5. The van der Waals surface area contributed by atoms with Crippen LogP contribution in [0.5, 0.6) is 0 Å². The number of nitrogens with two attached hydrogens (primary N) is 2. The number of aromatic nitrogens is 16. The van der Waals surface area contributed by atoms with E-state index < -0.39 is 27.6 Å². The van der Waals surface area contributed by atoms with Crippen molar-refractivity contribution in [3.05, 3.63) is 130 Å². The molecule has 590 valence electrons. The van der Waals surface area contributed by atoms with Gasteiger partial charge in [-0.2, -0.15) is 45.2 Å².